The van der Waals surface area contributed by atoms with Crippen LogP contribution < -0.4 is 0 Å². The predicted octanol–water partition coefficient (Wildman–Crippen LogP) is 2.95. The average molecular weight is 232 g/mol. The quantitative estimate of drug-likeness (QED) is 0.600. The number of furan rings is 2. The molecule has 0 saturated carbocycles. The van der Waals surface area contributed by atoms with Crippen LogP contribution in [-0.4, -0.2) is 11.6 Å². The molecule has 2 rings (SSSR count). The first kappa shape index (κ1) is 11.4. The molecule has 4 nitrogen and oxygen atoms in total. The highest BCUT2D eigenvalue weighted by Gasteiger charge is 2.18. The molecule has 2 aromatic heterocycles. The number of rotatable bonds is 4. The van der Waals surface area contributed by atoms with E-state index in [1.54, 1.807) is 26.0 Å². The van der Waals surface area contributed by atoms with Crippen molar-refractivity contribution in [3.8, 4) is 0 Å². The number of aryl methyl sites for hydroxylation is 2. The van der Waals surface area contributed by atoms with E-state index in [1.807, 2.05) is 0 Å². The van der Waals surface area contributed by atoms with Gasteiger partial charge in [0.2, 0.25) is 0 Å². The van der Waals surface area contributed by atoms with Gasteiger partial charge in [0.05, 0.1) is 23.8 Å². The zero-order valence-corrected chi connectivity index (χ0v) is 9.65. The van der Waals surface area contributed by atoms with Crippen molar-refractivity contribution < 1.29 is 18.4 Å². The minimum Gasteiger partial charge on any atom is -0.472 e. The molecule has 0 unspecified atom stereocenters. The van der Waals surface area contributed by atoms with Gasteiger partial charge < -0.3 is 8.83 Å². The second-order valence-corrected chi connectivity index (χ2v) is 3.86. The van der Waals surface area contributed by atoms with Gasteiger partial charge in [-0.1, -0.05) is 0 Å². The van der Waals surface area contributed by atoms with E-state index >= 15 is 0 Å². The number of hydrogen-bond acceptors (Lipinski definition) is 4. The Morgan fingerprint density at radius 2 is 2.00 bits per heavy atom. The van der Waals surface area contributed by atoms with Gasteiger partial charge in [-0.25, -0.2) is 0 Å². The highest BCUT2D eigenvalue weighted by Crippen LogP contribution is 2.17. The second-order valence-electron chi connectivity index (χ2n) is 3.86. The predicted molar refractivity (Wildman–Crippen MR) is 60.2 cm³/mol. The highest BCUT2D eigenvalue weighted by atomic mass is 16.3. The Balaban J connectivity index is 2.12. The summed E-state index contributed by atoms with van der Waals surface area (Å²) in [4.78, 5) is 23.6. The molecule has 0 radical (unpaired) electrons. The Bertz CT molecular complexity index is 546. The molecule has 0 atom stereocenters. The molecule has 4 heteroatoms. The molecule has 0 spiro atoms. The van der Waals surface area contributed by atoms with Gasteiger partial charge in [-0.05, 0) is 26.0 Å². The van der Waals surface area contributed by atoms with Crippen LogP contribution in [0.3, 0.4) is 0 Å². The van der Waals surface area contributed by atoms with Gasteiger partial charge >= 0.3 is 0 Å². The summed E-state index contributed by atoms with van der Waals surface area (Å²) in [6.45, 7) is 3.48. The molecular formula is C13H12O4. The molecule has 0 aliphatic heterocycles. The first-order valence-corrected chi connectivity index (χ1v) is 5.23. The van der Waals surface area contributed by atoms with E-state index in [0.717, 1.165) is 0 Å². The van der Waals surface area contributed by atoms with Crippen molar-refractivity contribution in [1.82, 2.24) is 0 Å². The van der Waals surface area contributed by atoms with Crippen LogP contribution in [0.2, 0.25) is 0 Å². The van der Waals surface area contributed by atoms with Crippen molar-refractivity contribution in [1.29, 1.82) is 0 Å². The summed E-state index contributed by atoms with van der Waals surface area (Å²) in [5, 5.41) is 0. The summed E-state index contributed by atoms with van der Waals surface area (Å²) >= 11 is 0. The zero-order chi connectivity index (χ0) is 12.4. The lowest BCUT2D eigenvalue weighted by atomic mass is 10.0. The minimum atomic E-state index is -0.248. The fraction of sp³-hybridized carbons (Fsp3) is 0.231. The van der Waals surface area contributed by atoms with Crippen molar-refractivity contribution in [3.63, 3.8) is 0 Å². The standard InChI is InChI=1S/C13H12O4/c1-8-5-11(9(2)17-8)13(15)6-12(14)10-3-4-16-7-10/h3-5,7H,6H2,1-2H3. The van der Waals surface area contributed by atoms with E-state index in [4.69, 9.17) is 8.83 Å². The lowest BCUT2D eigenvalue weighted by Gasteiger charge is -1.96. The largest absolute Gasteiger partial charge is 0.472 e. The van der Waals surface area contributed by atoms with Crippen molar-refractivity contribution in [3.05, 3.63) is 47.3 Å². The Labute approximate surface area is 98.2 Å². The SMILES string of the molecule is Cc1cc(C(=O)CC(=O)c2ccoc2)c(C)o1. The normalized spacial score (nSPS) is 10.5. The van der Waals surface area contributed by atoms with Gasteiger partial charge in [0, 0.05) is 0 Å². The van der Waals surface area contributed by atoms with E-state index in [0.29, 0.717) is 22.6 Å². The summed E-state index contributed by atoms with van der Waals surface area (Å²) in [6.07, 6.45) is 2.58. The molecule has 0 N–H and O–H groups in total. The summed E-state index contributed by atoms with van der Waals surface area (Å²) in [7, 11) is 0. The van der Waals surface area contributed by atoms with Gasteiger partial charge in [-0.15, -0.1) is 0 Å². The molecule has 0 fully saturated rings. The molecule has 0 saturated heterocycles. The van der Waals surface area contributed by atoms with Crippen LogP contribution in [0.15, 0.2) is 33.5 Å². The zero-order valence-electron chi connectivity index (χ0n) is 9.65. The summed E-state index contributed by atoms with van der Waals surface area (Å²) in [5.74, 6) is 0.738. The van der Waals surface area contributed by atoms with Gasteiger partial charge in [0.1, 0.15) is 17.8 Å². The maximum absolute atomic E-state index is 11.9. The number of ketones is 2. The third-order valence-corrected chi connectivity index (χ3v) is 2.51. The van der Waals surface area contributed by atoms with Crippen molar-refractivity contribution in [2.24, 2.45) is 0 Å². The molecule has 0 bridgehead atoms. The Morgan fingerprint density at radius 1 is 1.24 bits per heavy atom. The number of carbonyl (C=O) groups excluding carboxylic acids is 2. The fourth-order valence-electron chi connectivity index (χ4n) is 1.67. The van der Waals surface area contributed by atoms with Gasteiger partial charge in [-0.2, -0.15) is 0 Å². The number of Topliss-reactive ketones (excluding diaryl/α,β-unsaturated/α-hetero) is 2. The van der Waals surface area contributed by atoms with E-state index in [-0.39, 0.29) is 18.0 Å². The van der Waals surface area contributed by atoms with E-state index in [9.17, 15) is 9.59 Å². The number of hydrogen-bond donors (Lipinski definition) is 0. The van der Waals surface area contributed by atoms with Crippen LogP contribution >= 0.6 is 0 Å². The average Bonchev–Trinajstić information content (AvgIpc) is 2.87. The van der Waals surface area contributed by atoms with Crippen LogP contribution in [-0.2, 0) is 0 Å². The first-order valence-electron chi connectivity index (χ1n) is 5.23. The van der Waals surface area contributed by atoms with Gasteiger partial charge in [-0.3, -0.25) is 9.59 Å². The van der Waals surface area contributed by atoms with Crippen LogP contribution in [0, 0.1) is 13.8 Å². The third-order valence-electron chi connectivity index (χ3n) is 2.51. The smallest absolute Gasteiger partial charge is 0.174 e. The van der Waals surface area contributed by atoms with E-state index in [1.165, 1.54) is 12.5 Å². The fourth-order valence-corrected chi connectivity index (χ4v) is 1.67. The van der Waals surface area contributed by atoms with Crippen molar-refractivity contribution >= 4 is 11.6 Å². The summed E-state index contributed by atoms with van der Waals surface area (Å²) < 4.78 is 10.1. The van der Waals surface area contributed by atoms with Crippen LogP contribution in [0.5, 0.6) is 0 Å². The molecule has 0 aliphatic carbocycles. The molecule has 2 aromatic rings. The van der Waals surface area contributed by atoms with Crippen LogP contribution in [0.4, 0.5) is 0 Å². The van der Waals surface area contributed by atoms with Crippen molar-refractivity contribution in [2.45, 2.75) is 20.3 Å². The highest BCUT2D eigenvalue weighted by molar-refractivity contribution is 6.13. The Kier molecular flexibility index (Phi) is 2.95. The first-order chi connectivity index (χ1) is 8.08. The molecule has 0 amide bonds. The molecule has 17 heavy (non-hydrogen) atoms. The maximum Gasteiger partial charge on any atom is 0.174 e. The Hall–Kier alpha value is -2.10. The lowest BCUT2D eigenvalue weighted by Crippen LogP contribution is -2.08. The molecule has 88 valence electrons. The van der Waals surface area contributed by atoms with E-state index in [2.05, 4.69) is 0 Å². The van der Waals surface area contributed by atoms with Crippen LogP contribution in [0.25, 0.3) is 0 Å². The number of carbonyl (C=O) groups is 2. The summed E-state index contributed by atoms with van der Waals surface area (Å²) in [6, 6.07) is 3.20. The maximum atomic E-state index is 11.9. The third kappa shape index (κ3) is 2.36. The van der Waals surface area contributed by atoms with Crippen molar-refractivity contribution in [2.75, 3.05) is 0 Å². The van der Waals surface area contributed by atoms with Gasteiger partial charge in [0.25, 0.3) is 0 Å². The Morgan fingerprint density at radius 3 is 2.53 bits per heavy atom. The van der Waals surface area contributed by atoms with Crippen LogP contribution in [0.1, 0.15) is 38.7 Å². The molecule has 0 aliphatic rings. The topological polar surface area (TPSA) is 60.4 Å². The molecule has 0 aromatic carbocycles. The lowest BCUT2D eigenvalue weighted by molar-refractivity contribution is 0.0893. The summed E-state index contributed by atoms with van der Waals surface area (Å²) in [5.41, 5.74) is 0.885. The minimum absolute atomic E-state index is 0.167. The second kappa shape index (κ2) is 4.41. The molecular weight excluding hydrogens is 220 g/mol. The molecule has 2 heterocycles. The van der Waals surface area contributed by atoms with Gasteiger partial charge in [0.15, 0.2) is 11.6 Å². The van der Waals surface area contributed by atoms with E-state index < -0.39 is 0 Å². The monoisotopic (exact) mass is 232 g/mol.